The van der Waals surface area contributed by atoms with Gasteiger partial charge in [0.25, 0.3) is 0 Å². The van der Waals surface area contributed by atoms with Crippen molar-refractivity contribution in [3.8, 4) is 10.6 Å². The topological polar surface area (TPSA) is 46.1 Å². The maximum Gasteiger partial charge on any atom is 0.229 e. The fourth-order valence-electron chi connectivity index (χ4n) is 2.30. The van der Waals surface area contributed by atoms with E-state index in [1.165, 1.54) is 16.9 Å². The van der Waals surface area contributed by atoms with Crippen LogP contribution in [0.25, 0.3) is 10.6 Å². The molecular formula is C17H23N3OS. The van der Waals surface area contributed by atoms with Crippen LogP contribution in [0, 0.1) is 6.92 Å². The second kappa shape index (κ2) is 7.49. The van der Waals surface area contributed by atoms with Gasteiger partial charge in [0, 0.05) is 18.0 Å². The van der Waals surface area contributed by atoms with Crippen LogP contribution in [0.5, 0.6) is 0 Å². The van der Waals surface area contributed by atoms with Crippen LogP contribution in [-0.2, 0) is 4.79 Å². The Morgan fingerprint density at radius 3 is 2.64 bits per heavy atom. The number of benzene rings is 1. The molecule has 0 aliphatic heterocycles. The number of hydrogen-bond acceptors (Lipinski definition) is 4. The highest BCUT2D eigenvalue weighted by atomic mass is 32.1. The Hall–Kier alpha value is -1.75. The highest BCUT2D eigenvalue weighted by Crippen LogP contribution is 2.31. The average molecular weight is 317 g/mol. The molecule has 0 N–H and O–H groups in total. The molecule has 0 aliphatic rings. The summed E-state index contributed by atoms with van der Waals surface area (Å²) in [6.07, 6.45) is 2.49. The Morgan fingerprint density at radius 1 is 1.27 bits per heavy atom. The molecule has 0 bridgehead atoms. The molecule has 1 amide bonds. The van der Waals surface area contributed by atoms with Crippen molar-refractivity contribution >= 4 is 22.4 Å². The molecule has 1 aromatic heterocycles. The molecule has 118 valence electrons. The van der Waals surface area contributed by atoms with Crippen molar-refractivity contribution in [1.29, 1.82) is 0 Å². The normalized spacial score (nSPS) is 11.0. The van der Waals surface area contributed by atoms with Gasteiger partial charge < -0.3 is 0 Å². The molecule has 1 heterocycles. The number of carbonyl (C=O) groups excluding carboxylic acids is 1. The minimum Gasteiger partial charge on any atom is -0.284 e. The fraction of sp³-hybridized carbons (Fsp3) is 0.471. The number of anilines is 1. The molecule has 0 aliphatic carbocycles. The molecular weight excluding hydrogens is 294 g/mol. The first kappa shape index (κ1) is 16.6. The monoisotopic (exact) mass is 317 g/mol. The van der Waals surface area contributed by atoms with Crippen molar-refractivity contribution in [3.05, 3.63) is 29.8 Å². The van der Waals surface area contributed by atoms with E-state index in [1.807, 2.05) is 32.0 Å². The van der Waals surface area contributed by atoms with Crippen molar-refractivity contribution < 1.29 is 4.79 Å². The maximum absolute atomic E-state index is 12.4. The van der Waals surface area contributed by atoms with Crippen molar-refractivity contribution in [2.24, 2.45) is 0 Å². The summed E-state index contributed by atoms with van der Waals surface area (Å²) in [6.45, 7) is 8.18. The molecule has 0 saturated heterocycles. The lowest BCUT2D eigenvalue weighted by Gasteiger charge is -2.23. The van der Waals surface area contributed by atoms with Crippen LogP contribution in [0.4, 0.5) is 5.13 Å². The second-order valence-electron chi connectivity index (χ2n) is 5.67. The predicted octanol–water partition coefficient (Wildman–Crippen LogP) is 4.45. The molecule has 0 radical (unpaired) electrons. The quantitative estimate of drug-likeness (QED) is 0.791. The first-order valence-corrected chi connectivity index (χ1v) is 8.57. The van der Waals surface area contributed by atoms with E-state index in [-0.39, 0.29) is 11.9 Å². The number of rotatable bonds is 6. The summed E-state index contributed by atoms with van der Waals surface area (Å²) in [4.78, 5) is 14.2. The van der Waals surface area contributed by atoms with E-state index in [1.54, 1.807) is 4.90 Å². The molecule has 2 aromatic rings. The van der Waals surface area contributed by atoms with Gasteiger partial charge >= 0.3 is 0 Å². The third kappa shape index (κ3) is 3.71. The summed E-state index contributed by atoms with van der Waals surface area (Å²) in [5.41, 5.74) is 2.24. The van der Waals surface area contributed by atoms with Crippen LogP contribution in [0.1, 0.15) is 45.6 Å². The fourth-order valence-corrected chi connectivity index (χ4v) is 3.38. The Bertz CT molecular complexity index is 636. The first-order valence-electron chi connectivity index (χ1n) is 7.76. The van der Waals surface area contributed by atoms with E-state index in [4.69, 9.17) is 0 Å². The number of hydrogen-bond donors (Lipinski definition) is 0. The van der Waals surface area contributed by atoms with Gasteiger partial charge in [-0.2, -0.15) is 0 Å². The molecule has 0 spiro atoms. The number of carbonyl (C=O) groups is 1. The molecule has 0 saturated carbocycles. The predicted molar refractivity (Wildman–Crippen MR) is 92.2 cm³/mol. The summed E-state index contributed by atoms with van der Waals surface area (Å²) in [7, 11) is 0. The maximum atomic E-state index is 12.4. The molecule has 0 atom stereocenters. The van der Waals surface area contributed by atoms with E-state index in [2.05, 4.69) is 30.1 Å². The second-order valence-corrected chi connectivity index (χ2v) is 6.62. The molecule has 5 heteroatoms. The van der Waals surface area contributed by atoms with Crippen molar-refractivity contribution in [1.82, 2.24) is 10.2 Å². The van der Waals surface area contributed by atoms with Gasteiger partial charge in [-0.25, -0.2) is 0 Å². The molecule has 4 nitrogen and oxygen atoms in total. The minimum absolute atomic E-state index is 0.0852. The highest BCUT2D eigenvalue weighted by Gasteiger charge is 2.23. The van der Waals surface area contributed by atoms with Crippen LogP contribution < -0.4 is 4.90 Å². The van der Waals surface area contributed by atoms with E-state index in [0.717, 1.165) is 23.4 Å². The van der Waals surface area contributed by atoms with Crippen molar-refractivity contribution in [3.63, 3.8) is 0 Å². The van der Waals surface area contributed by atoms with E-state index in [0.29, 0.717) is 11.6 Å². The van der Waals surface area contributed by atoms with E-state index in [9.17, 15) is 4.79 Å². The van der Waals surface area contributed by atoms with Gasteiger partial charge in [-0.05, 0) is 32.8 Å². The average Bonchev–Trinajstić information content (AvgIpc) is 2.94. The zero-order chi connectivity index (χ0) is 16.1. The summed E-state index contributed by atoms with van der Waals surface area (Å²) in [6, 6.07) is 8.19. The Morgan fingerprint density at radius 2 is 2.00 bits per heavy atom. The lowest BCUT2D eigenvalue weighted by Crippen LogP contribution is -2.36. The minimum atomic E-state index is 0.0852. The van der Waals surface area contributed by atoms with E-state index < -0.39 is 0 Å². The zero-order valence-corrected chi connectivity index (χ0v) is 14.5. The summed E-state index contributed by atoms with van der Waals surface area (Å²) >= 11 is 1.48. The lowest BCUT2D eigenvalue weighted by atomic mass is 10.1. The van der Waals surface area contributed by atoms with Gasteiger partial charge in [-0.3, -0.25) is 9.69 Å². The Balaban J connectivity index is 2.28. The number of unbranched alkanes of at least 4 members (excludes halogenated alkanes) is 1. The van der Waals surface area contributed by atoms with Crippen LogP contribution in [0.3, 0.4) is 0 Å². The summed E-state index contributed by atoms with van der Waals surface area (Å²) in [5.74, 6) is 0.129. The standard InChI is InChI=1S/C17H23N3OS/c1-5-6-11-15(21)20(12(2)3)17-19-18-16(22-17)14-10-8-7-9-13(14)4/h7-10,12H,5-6,11H2,1-4H3. The largest absolute Gasteiger partial charge is 0.284 e. The number of aryl methyl sites for hydroxylation is 1. The smallest absolute Gasteiger partial charge is 0.229 e. The number of aromatic nitrogens is 2. The Kier molecular flexibility index (Phi) is 5.66. The molecule has 1 aromatic carbocycles. The van der Waals surface area contributed by atoms with Gasteiger partial charge in [0.2, 0.25) is 11.0 Å². The third-order valence-corrected chi connectivity index (χ3v) is 4.48. The van der Waals surface area contributed by atoms with Crippen LogP contribution >= 0.6 is 11.3 Å². The van der Waals surface area contributed by atoms with Gasteiger partial charge in [-0.15, -0.1) is 10.2 Å². The number of nitrogens with zero attached hydrogens (tertiary/aromatic N) is 3. The highest BCUT2D eigenvalue weighted by molar-refractivity contribution is 7.18. The van der Waals surface area contributed by atoms with Crippen LogP contribution in [-0.4, -0.2) is 22.1 Å². The third-order valence-electron chi connectivity index (χ3n) is 3.53. The molecule has 2 rings (SSSR count). The summed E-state index contributed by atoms with van der Waals surface area (Å²) in [5, 5.41) is 10.1. The van der Waals surface area contributed by atoms with Crippen molar-refractivity contribution in [2.75, 3.05) is 4.90 Å². The lowest BCUT2D eigenvalue weighted by molar-refractivity contribution is -0.119. The van der Waals surface area contributed by atoms with Crippen LogP contribution in [0.15, 0.2) is 24.3 Å². The van der Waals surface area contributed by atoms with Crippen molar-refractivity contribution in [2.45, 2.75) is 53.0 Å². The molecule has 0 unspecified atom stereocenters. The molecule has 22 heavy (non-hydrogen) atoms. The molecule has 0 fully saturated rings. The van der Waals surface area contributed by atoms with Gasteiger partial charge in [0.15, 0.2) is 0 Å². The summed E-state index contributed by atoms with van der Waals surface area (Å²) < 4.78 is 0. The first-order chi connectivity index (χ1) is 10.5. The Labute approximate surface area is 136 Å². The SMILES string of the molecule is CCCCC(=O)N(c1nnc(-c2ccccc2C)s1)C(C)C. The van der Waals surface area contributed by atoms with Gasteiger partial charge in [0.05, 0.1) is 0 Å². The number of amides is 1. The van der Waals surface area contributed by atoms with Gasteiger partial charge in [-0.1, -0.05) is 48.9 Å². The van der Waals surface area contributed by atoms with E-state index >= 15 is 0 Å². The van der Waals surface area contributed by atoms with Crippen LogP contribution in [0.2, 0.25) is 0 Å². The van der Waals surface area contributed by atoms with Gasteiger partial charge in [0.1, 0.15) is 5.01 Å². The zero-order valence-electron chi connectivity index (χ0n) is 13.7.